The molecule has 0 aromatic heterocycles. The number of aryl methyl sites for hydroxylation is 1. The quantitative estimate of drug-likeness (QED) is 0.785. The van der Waals surface area contributed by atoms with Crippen molar-refractivity contribution < 1.29 is 4.79 Å². The van der Waals surface area contributed by atoms with Gasteiger partial charge in [-0.3, -0.25) is 4.79 Å². The number of carbonyl (C=O) groups is 1. The topological polar surface area (TPSA) is 46.3 Å². The Kier molecular flexibility index (Phi) is 8.20. The van der Waals surface area contributed by atoms with Gasteiger partial charge >= 0.3 is 0 Å². The first-order chi connectivity index (χ1) is 10.7. The molecule has 3 nitrogen and oxygen atoms in total. The second kappa shape index (κ2) is 9.90. The van der Waals surface area contributed by atoms with Crippen molar-refractivity contribution in [1.82, 2.24) is 4.90 Å². The van der Waals surface area contributed by atoms with Crippen molar-refractivity contribution in [2.45, 2.75) is 26.2 Å². The van der Waals surface area contributed by atoms with Gasteiger partial charge < -0.3 is 10.6 Å². The highest BCUT2D eigenvalue weighted by atomic mass is 35.5. The SMILES string of the molecule is CCN(CCc1ccccc1)C(=O)CCc1ccccc1N.Cl. The second-order valence-electron chi connectivity index (χ2n) is 5.41. The van der Waals surface area contributed by atoms with Crippen LogP contribution in [0, 0.1) is 0 Å². The van der Waals surface area contributed by atoms with Crippen LogP contribution in [-0.4, -0.2) is 23.9 Å². The van der Waals surface area contributed by atoms with Gasteiger partial charge in [0.25, 0.3) is 0 Å². The third-order valence-electron chi connectivity index (χ3n) is 3.91. The molecular weight excluding hydrogens is 308 g/mol. The van der Waals surface area contributed by atoms with Crippen LogP contribution in [0.5, 0.6) is 0 Å². The first kappa shape index (κ1) is 19.0. The summed E-state index contributed by atoms with van der Waals surface area (Å²) < 4.78 is 0. The molecule has 0 aliphatic heterocycles. The summed E-state index contributed by atoms with van der Waals surface area (Å²) in [4.78, 5) is 14.3. The Balaban J connectivity index is 0.00000264. The van der Waals surface area contributed by atoms with Crippen LogP contribution in [0.4, 0.5) is 5.69 Å². The Hall–Kier alpha value is -2.00. The van der Waals surface area contributed by atoms with Crippen LogP contribution in [-0.2, 0) is 17.6 Å². The predicted octanol–water partition coefficient (Wildman–Crippen LogP) is 3.71. The average Bonchev–Trinajstić information content (AvgIpc) is 2.55. The van der Waals surface area contributed by atoms with Crippen LogP contribution >= 0.6 is 12.4 Å². The molecule has 0 unspecified atom stereocenters. The molecule has 0 spiro atoms. The van der Waals surface area contributed by atoms with E-state index in [9.17, 15) is 4.79 Å². The second-order valence-corrected chi connectivity index (χ2v) is 5.41. The van der Waals surface area contributed by atoms with E-state index in [0.717, 1.165) is 30.8 Å². The molecule has 2 rings (SSSR count). The van der Waals surface area contributed by atoms with Crippen molar-refractivity contribution in [1.29, 1.82) is 0 Å². The Morgan fingerprint density at radius 1 is 1.00 bits per heavy atom. The number of carbonyl (C=O) groups excluding carboxylic acids is 1. The summed E-state index contributed by atoms with van der Waals surface area (Å²) in [5.74, 6) is 0.196. The lowest BCUT2D eigenvalue weighted by Gasteiger charge is -2.21. The van der Waals surface area contributed by atoms with Gasteiger partial charge in [-0.25, -0.2) is 0 Å². The van der Waals surface area contributed by atoms with E-state index in [-0.39, 0.29) is 18.3 Å². The maximum absolute atomic E-state index is 12.4. The van der Waals surface area contributed by atoms with Gasteiger partial charge in [0.2, 0.25) is 5.91 Å². The molecule has 0 aliphatic carbocycles. The summed E-state index contributed by atoms with van der Waals surface area (Å²) >= 11 is 0. The Morgan fingerprint density at radius 2 is 1.65 bits per heavy atom. The van der Waals surface area contributed by atoms with Gasteiger partial charge in [-0.15, -0.1) is 12.4 Å². The molecule has 0 radical (unpaired) electrons. The van der Waals surface area contributed by atoms with E-state index in [2.05, 4.69) is 12.1 Å². The number of para-hydroxylation sites is 1. The molecule has 2 N–H and O–H groups in total. The summed E-state index contributed by atoms with van der Waals surface area (Å²) in [5, 5.41) is 0. The van der Waals surface area contributed by atoms with Crippen LogP contribution in [0.2, 0.25) is 0 Å². The third kappa shape index (κ3) is 5.95. The van der Waals surface area contributed by atoms with E-state index in [1.54, 1.807) is 0 Å². The lowest BCUT2D eigenvalue weighted by atomic mass is 10.1. The highest BCUT2D eigenvalue weighted by Crippen LogP contribution is 2.13. The van der Waals surface area contributed by atoms with Crippen molar-refractivity contribution in [3.05, 3.63) is 65.7 Å². The maximum atomic E-state index is 12.4. The number of nitrogen functional groups attached to an aromatic ring is 1. The molecule has 23 heavy (non-hydrogen) atoms. The number of anilines is 1. The van der Waals surface area contributed by atoms with E-state index in [1.807, 2.05) is 54.3 Å². The molecule has 4 heteroatoms. The molecule has 0 heterocycles. The number of hydrogen-bond acceptors (Lipinski definition) is 2. The molecule has 2 aromatic rings. The van der Waals surface area contributed by atoms with Crippen molar-refractivity contribution in [3.8, 4) is 0 Å². The highest BCUT2D eigenvalue weighted by molar-refractivity contribution is 5.85. The molecule has 2 aromatic carbocycles. The van der Waals surface area contributed by atoms with Crippen LogP contribution in [0.15, 0.2) is 54.6 Å². The van der Waals surface area contributed by atoms with Crippen LogP contribution in [0.1, 0.15) is 24.5 Å². The predicted molar refractivity (Wildman–Crippen MR) is 98.8 cm³/mol. The summed E-state index contributed by atoms with van der Waals surface area (Å²) in [6.45, 7) is 3.54. The number of benzene rings is 2. The maximum Gasteiger partial charge on any atom is 0.222 e. The largest absolute Gasteiger partial charge is 0.399 e. The zero-order valence-corrected chi connectivity index (χ0v) is 14.4. The number of nitrogens with two attached hydrogens (primary N) is 1. The van der Waals surface area contributed by atoms with Crippen molar-refractivity contribution >= 4 is 24.0 Å². The molecule has 0 bridgehead atoms. The molecule has 0 atom stereocenters. The fourth-order valence-electron chi connectivity index (χ4n) is 2.53. The first-order valence-electron chi connectivity index (χ1n) is 7.85. The summed E-state index contributed by atoms with van der Waals surface area (Å²) in [7, 11) is 0. The fraction of sp³-hybridized carbons (Fsp3) is 0.316. The number of amides is 1. The molecule has 0 aliphatic rings. The van der Waals surface area contributed by atoms with E-state index >= 15 is 0 Å². The van der Waals surface area contributed by atoms with Gasteiger partial charge in [0.15, 0.2) is 0 Å². The zero-order chi connectivity index (χ0) is 15.8. The van der Waals surface area contributed by atoms with Gasteiger partial charge in [-0.2, -0.15) is 0 Å². The molecule has 0 saturated heterocycles. The van der Waals surface area contributed by atoms with E-state index < -0.39 is 0 Å². The normalized spacial score (nSPS) is 9.96. The fourth-order valence-corrected chi connectivity index (χ4v) is 2.53. The minimum Gasteiger partial charge on any atom is -0.399 e. The lowest BCUT2D eigenvalue weighted by Crippen LogP contribution is -2.32. The number of hydrogen-bond donors (Lipinski definition) is 1. The Bertz CT molecular complexity index is 601. The van der Waals surface area contributed by atoms with Gasteiger partial charge in [-0.1, -0.05) is 48.5 Å². The zero-order valence-electron chi connectivity index (χ0n) is 13.6. The van der Waals surface area contributed by atoms with Crippen LogP contribution in [0.3, 0.4) is 0 Å². The number of nitrogens with zero attached hydrogens (tertiary/aromatic N) is 1. The lowest BCUT2D eigenvalue weighted by molar-refractivity contribution is -0.130. The molecular formula is C19H25ClN2O. The first-order valence-corrected chi connectivity index (χ1v) is 7.85. The monoisotopic (exact) mass is 332 g/mol. The van der Waals surface area contributed by atoms with E-state index in [0.29, 0.717) is 12.8 Å². The number of halogens is 1. The van der Waals surface area contributed by atoms with Crippen molar-refractivity contribution in [2.75, 3.05) is 18.8 Å². The number of rotatable bonds is 7. The summed E-state index contributed by atoms with van der Waals surface area (Å²) in [5.41, 5.74) is 9.01. The van der Waals surface area contributed by atoms with Crippen LogP contribution in [0.25, 0.3) is 0 Å². The summed E-state index contributed by atoms with van der Waals surface area (Å²) in [6.07, 6.45) is 2.11. The van der Waals surface area contributed by atoms with Crippen molar-refractivity contribution in [3.63, 3.8) is 0 Å². The van der Waals surface area contributed by atoms with Crippen LogP contribution < -0.4 is 5.73 Å². The molecule has 0 fully saturated rings. The minimum absolute atomic E-state index is 0. The Morgan fingerprint density at radius 3 is 2.30 bits per heavy atom. The molecule has 1 amide bonds. The number of likely N-dealkylation sites (N-methyl/N-ethyl adjacent to an activating group) is 1. The molecule has 0 saturated carbocycles. The average molecular weight is 333 g/mol. The van der Waals surface area contributed by atoms with Gasteiger partial charge in [-0.05, 0) is 37.0 Å². The standard InChI is InChI=1S/C19H24N2O.ClH/c1-2-21(15-14-16-8-4-3-5-9-16)19(22)13-12-17-10-6-7-11-18(17)20;/h3-11H,2,12-15,20H2,1H3;1H. The summed E-state index contributed by atoms with van der Waals surface area (Å²) in [6, 6.07) is 18.0. The van der Waals surface area contributed by atoms with Gasteiger partial charge in [0, 0.05) is 25.2 Å². The smallest absolute Gasteiger partial charge is 0.222 e. The Labute approximate surface area is 144 Å². The highest BCUT2D eigenvalue weighted by Gasteiger charge is 2.12. The minimum atomic E-state index is 0. The van der Waals surface area contributed by atoms with E-state index in [1.165, 1.54) is 5.56 Å². The van der Waals surface area contributed by atoms with Gasteiger partial charge in [0.05, 0.1) is 0 Å². The van der Waals surface area contributed by atoms with E-state index in [4.69, 9.17) is 5.73 Å². The third-order valence-corrected chi connectivity index (χ3v) is 3.91. The molecule has 124 valence electrons. The van der Waals surface area contributed by atoms with Crippen molar-refractivity contribution in [2.24, 2.45) is 0 Å². The van der Waals surface area contributed by atoms with Gasteiger partial charge in [0.1, 0.15) is 0 Å².